The van der Waals surface area contributed by atoms with Gasteiger partial charge in [0.1, 0.15) is 12.4 Å². The lowest BCUT2D eigenvalue weighted by Crippen LogP contribution is -2.29. The van der Waals surface area contributed by atoms with E-state index in [-0.39, 0.29) is 0 Å². The molecule has 0 radical (unpaired) electrons. The summed E-state index contributed by atoms with van der Waals surface area (Å²) in [5.74, 6) is -2.96. The minimum Gasteiger partial charge on any atom is -0.490 e. The molecule has 0 fully saturated rings. The Labute approximate surface area is 160 Å². The summed E-state index contributed by atoms with van der Waals surface area (Å²) in [6.07, 6.45) is 1.13. The van der Waals surface area contributed by atoms with Crippen LogP contribution < -0.4 is 10.1 Å². The van der Waals surface area contributed by atoms with Gasteiger partial charge in [-0.15, -0.1) is 0 Å². The standard InChI is InChI=1S/C14H21BrClNO2.C2H2O4/c1-3-11(2)17-6-7-18-8-9-19-14-5-4-12(15)10-13(14)16;3-1(4)2(5)6/h4-5,10-11,17H,3,6-9H2,1-2H3;(H,3,4)(H,5,6). The van der Waals surface area contributed by atoms with Crippen LogP contribution in [0.4, 0.5) is 0 Å². The number of aliphatic carboxylic acids is 2. The minimum absolute atomic E-state index is 0.505. The van der Waals surface area contributed by atoms with Crippen LogP contribution in [0.3, 0.4) is 0 Å². The highest BCUT2D eigenvalue weighted by molar-refractivity contribution is 9.10. The number of nitrogens with one attached hydrogen (secondary N) is 1. The van der Waals surface area contributed by atoms with Crippen molar-refractivity contribution in [3.63, 3.8) is 0 Å². The van der Waals surface area contributed by atoms with E-state index >= 15 is 0 Å². The van der Waals surface area contributed by atoms with Gasteiger partial charge in [0.2, 0.25) is 0 Å². The zero-order chi connectivity index (χ0) is 19.2. The summed E-state index contributed by atoms with van der Waals surface area (Å²) >= 11 is 9.39. The van der Waals surface area contributed by atoms with Crippen molar-refractivity contribution in [2.24, 2.45) is 0 Å². The second kappa shape index (κ2) is 13.9. The number of rotatable bonds is 9. The predicted octanol–water partition coefficient (Wildman–Crippen LogP) is 3.04. The number of hydrogen-bond donors (Lipinski definition) is 3. The summed E-state index contributed by atoms with van der Waals surface area (Å²) < 4.78 is 12.0. The summed E-state index contributed by atoms with van der Waals surface area (Å²) in [7, 11) is 0. The van der Waals surface area contributed by atoms with Gasteiger partial charge in [0, 0.05) is 17.1 Å². The molecule has 1 rings (SSSR count). The minimum atomic E-state index is -1.82. The van der Waals surface area contributed by atoms with Gasteiger partial charge in [0.25, 0.3) is 0 Å². The molecule has 9 heteroatoms. The van der Waals surface area contributed by atoms with Crippen LogP contribution in [0.25, 0.3) is 0 Å². The van der Waals surface area contributed by atoms with Gasteiger partial charge in [0.05, 0.1) is 18.2 Å². The van der Waals surface area contributed by atoms with Crippen LogP contribution in [0.1, 0.15) is 20.3 Å². The third-order valence-electron chi connectivity index (χ3n) is 2.91. The van der Waals surface area contributed by atoms with E-state index in [2.05, 4.69) is 35.1 Å². The highest BCUT2D eigenvalue weighted by Gasteiger charge is 2.04. The first-order valence-corrected chi connectivity index (χ1v) is 8.80. The first-order valence-electron chi connectivity index (χ1n) is 7.63. The van der Waals surface area contributed by atoms with Crippen molar-refractivity contribution < 1.29 is 29.3 Å². The molecule has 1 aromatic carbocycles. The molecule has 142 valence electrons. The second-order valence-corrected chi connectivity index (χ2v) is 6.23. The molecule has 1 unspecified atom stereocenters. The normalized spacial score (nSPS) is 11.2. The number of ether oxygens (including phenoxy) is 2. The predicted molar refractivity (Wildman–Crippen MR) is 98.5 cm³/mol. The maximum Gasteiger partial charge on any atom is 0.414 e. The monoisotopic (exact) mass is 439 g/mol. The summed E-state index contributed by atoms with van der Waals surface area (Å²) in [5.41, 5.74) is 0. The van der Waals surface area contributed by atoms with Crippen LogP contribution in [0.5, 0.6) is 5.75 Å². The fourth-order valence-corrected chi connectivity index (χ4v) is 2.15. The Morgan fingerprint density at radius 3 is 2.40 bits per heavy atom. The molecule has 3 N–H and O–H groups in total. The maximum atomic E-state index is 9.10. The molecule has 0 aliphatic carbocycles. The lowest BCUT2D eigenvalue weighted by Gasteiger charge is -2.12. The zero-order valence-corrected chi connectivity index (χ0v) is 16.5. The first-order chi connectivity index (χ1) is 11.8. The Balaban J connectivity index is 0.000000823. The molecule has 7 nitrogen and oxygen atoms in total. The van der Waals surface area contributed by atoms with Gasteiger partial charge in [0.15, 0.2) is 0 Å². The van der Waals surface area contributed by atoms with E-state index < -0.39 is 11.9 Å². The number of carboxylic acids is 2. The van der Waals surface area contributed by atoms with Crippen molar-refractivity contribution in [3.05, 3.63) is 27.7 Å². The molecule has 0 aromatic heterocycles. The van der Waals surface area contributed by atoms with Crippen LogP contribution in [0.15, 0.2) is 22.7 Å². The number of benzene rings is 1. The van der Waals surface area contributed by atoms with Crippen LogP contribution in [-0.2, 0) is 14.3 Å². The molecule has 25 heavy (non-hydrogen) atoms. The third-order valence-corrected chi connectivity index (χ3v) is 3.70. The summed E-state index contributed by atoms with van der Waals surface area (Å²) in [6, 6.07) is 6.10. The van der Waals surface area contributed by atoms with Gasteiger partial charge < -0.3 is 25.0 Å². The largest absolute Gasteiger partial charge is 0.490 e. The van der Waals surface area contributed by atoms with E-state index in [0.717, 1.165) is 17.4 Å². The van der Waals surface area contributed by atoms with E-state index in [1.807, 2.05) is 18.2 Å². The van der Waals surface area contributed by atoms with E-state index in [1.54, 1.807) is 0 Å². The van der Waals surface area contributed by atoms with Crippen molar-refractivity contribution in [1.82, 2.24) is 5.32 Å². The van der Waals surface area contributed by atoms with E-state index in [0.29, 0.717) is 36.6 Å². The molecule has 0 aliphatic heterocycles. The van der Waals surface area contributed by atoms with Gasteiger partial charge in [-0.25, -0.2) is 9.59 Å². The smallest absolute Gasteiger partial charge is 0.414 e. The Morgan fingerprint density at radius 2 is 1.88 bits per heavy atom. The van der Waals surface area contributed by atoms with Crippen molar-refractivity contribution in [3.8, 4) is 5.75 Å². The van der Waals surface area contributed by atoms with Crippen LogP contribution in [0.2, 0.25) is 5.02 Å². The van der Waals surface area contributed by atoms with Crippen LogP contribution >= 0.6 is 27.5 Å². The molecular weight excluding hydrogens is 418 g/mol. The lowest BCUT2D eigenvalue weighted by molar-refractivity contribution is -0.159. The zero-order valence-electron chi connectivity index (χ0n) is 14.1. The van der Waals surface area contributed by atoms with Crippen molar-refractivity contribution in [1.29, 1.82) is 0 Å². The number of hydrogen-bond acceptors (Lipinski definition) is 5. The Morgan fingerprint density at radius 1 is 1.24 bits per heavy atom. The van der Waals surface area contributed by atoms with E-state index in [4.69, 9.17) is 40.9 Å². The van der Waals surface area contributed by atoms with Gasteiger partial charge in [-0.05, 0) is 31.5 Å². The fraction of sp³-hybridized carbons (Fsp3) is 0.500. The molecule has 0 spiro atoms. The Hall–Kier alpha value is -1.35. The van der Waals surface area contributed by atoms with Crippen molar-refractivity contribution in [2.45, 2.75) is 26.3 Å². The third kappa shape index (κ3) is 12.6. The van der Waals surface area contributed by atoms with Gasteiger partial charge in [-0.3, -0.25) is 0 Å². The van der Waals surface area contributed by atoms with E-state index in [1.165, 1.54) is 0 Å². The van der Waals surface area contributed by atoms with Gasteiger partial charge in [-0.2, -0.15) is 0 Å². The second-order valence-electron chi connectivity index (χ2n) is 4.91. The number of carboxylic acid groups (broad SMARTS) is 2. The van der Waals surface area contributed by atoms with Crippen molar-refractivity contribution >= 4 is 39.5 Å². The SMILES string of the molecule is CCC(C)NCCOCCOc1ccc(Br)cc1Cl.O=C(O)C(=O)O. The molecular formula is C16H23BrClNO6. The summed E-state index contributed by atoms with van der Waals surface area (Å²) in [6.45, 7) is 6.96. The number of halogens is 2. The summed E-state index contributed by atoms with van der Waals surface area (Å²) in [5, 5.41) is 18.8. The molecule has 0 bridgehead atoms. The first kappa shape index (κ1) is 23.6. The quantitative estimate of drug-likeness (QED) is 0.400. The molecule has 0 aliphatic rings. The average Bonchev–Trinajstić information content (AvgIpc) is 2.55. The molecule has 1 aromatic rings. The lowest BCUT2D eigenvalue weighted by atomic mass is 10.3. The molecule has 0 saturated heterocycles. The highest BCUT2D eigenvalue weighted by Crippen LogP contribution is 2.27. The molecule has 0 saturated carbocycles. The van der Waals surface area contributed by atoms with Crippen LogP contribution in [0, 0.1) is 0 Å². The Kier molecular flexibility index (Phi) is 13.1. The average molecular weight is 441 g/mol. The molecule has 1 atom stereocenters. The topological polar surface area (TPSA) is 105 Å². The Bertz CT molecular complexity index is 531. The van der Waals surface area contributed by atoms with E-state index in [9.17, 15) is 0 Å². The van der Waals surface area contributed by atoms with Crippen molar-refractivity contribution in [2.75, 3.05) is 26.4 Å². The molecule has 0 amide bonds. The fourth-order valence-electron chi connectivity index (χ4n) is 1.43. The number of carbonyl (C=O) groups is 2. The maximum absolute atomic E-state index is 9.10. The summed E-state index contributed by atoms with van der Waals surface area (Å²) in [4.78, 5) is 18.2. The molecule has 0 heterocycles. The highest BCUT2D eigenvalue weighted by atomic mass is 79.9. The van der Waals surface area contributed by atoms with Gasteiger partial charge in [-0.1, -0.05) is 34.5 Å². The van der Waals surface area contributed by atoms with Crippen LogP contribution in [-0.4, -0.2) is 54.6 Å². The van der Waals surface area contributed by atoms with Gasteiger partial charge >= 0.3 is 11.9 Å².